The molecule has 1 saturated heterocycles. The van der Waals surface area contributed by atoms with E-state index in [1.807, 2.05) is 0 Å². The molecule has 2 fully saturated rings. The summed E-state index contributed by atoms with van der Waals surface area (Å²) in [7, 11) is 0. The largest absolute Gasteiger partial charge is 0.374 e. The molecule has 1 nitrogen and oxygen atoms in total. The Balaban J connectivity index is 1.98. The summed E-state index contributed by atoms with van der Waals surface area (Å²) in [5, 5.41) is 0. The first-order valence-electron chi connectivity index (χ1n) is 5.07. The molecule has 70 valence electrons. The minimum Gasteiger partial charge on any atom is -0.374 e. The van der Waals surface area contributed by atoms with Crippen molar-refractivity contribution in [3.8, 4) is 0 Å². The van der Waals surface area contributed by atoms with E-state index in [0.29, 0.717) is 12.2 Å². The van der Waals surface area contributed by atoms with Crippen LogP contribution >= 0.6 is 22.6 Å². The molecule has 1 aliphatic heterocycles. The molecule has 0 aromatic rings. The normalized spacial score (nSPS) is 48.5. The molecule has 1 saturated carbocycles. The molecule has 1 heterocycles. The van der Waals surface area contributed by atoms with Crippen LogP contribution in [0.4, 0.5) is 0 Å². The monoisotopic (exact) mass is 280 g/mol. The van der Waals surface area contributed by atoms with E-state index in [-0.39, 0.29) is 0 Å². The van der Waals surface area contributed by atoms with E-state index in [9.17, 15) is 0 Å². The Morgan fingerprint density at radius 1 is 1.25 bits per heavy atom. The molecule has 0 spiro atoms. The number of halogens is 1. The zero-order valence-corrected chi connectivity index (χ0v) is 9.79. The lowest BCUT2D eigenvalue weighted by Crippen LogP contribution is -2.41. The van der Waals surface area contributed by atoms with E-state index < -0.39 is 0 Å². The third-order valence-corrected chi connectivity index (χ3v) is 4.79. The van der Waals surface area contributed by atoms with Crippen molar-refractivity contribution in [2.24, 2.45) is 5.92 Å². The van der Waals surface area contributed by atoms with Gasteiger partial charge >= 0.3 is 0 Å². The summed E-state index contributed by atoms with van der Waals surface area (Å²) in [6.45, 7) is 2.22. The molecule has 4 atom stereocenters. The van der Waals surface area contributed by atoms with Gasteiger partial charge in [-0.05, 0) is 32.1 Å². The van der Waals surface area contributed by atoms with Crippen LogP contribution in [0.1, 0.15) is 39.0 Å². The number of fused-ring (bicyclic) bond motifs is 1. The highest BCUT2D eigenvalue weighted by molar-refractivity contribution is 14.1. The maximum Gasteiger partial charge on any atom is 0.0668 e. The summed E-state index contributed by atoms with van der Waals surface area (Å²) in [6, 6.07) is 0. The number of hydrogen-bond acceptors (Lipinski definition) is 1. The number of hydrogen-bond donors (Lipinski definition) is 0. The van der Waals surface area contributed by atoms with Gasteiger partial charge in [0.1, 0.15) is 0 Å². The molecule has 0 amide bonds. The number of ether oxygens (including phenoxy) is 1. The van der Waals surface area contributed by atoms with Crippen molar-refractivity contribution < 1.29 is 4.74 Å². The lowest BCUT2D eigenvalue weighted by molar-refractivity contribution is -0.0840. The van der Waals surface area contributed by atoms with Crippen LogP contribution < -0.4 is 0 Å². The van der Waals surface area contributed by atoms with E-state index in [1.165, 1.54) is 32.1 Å². The van der Waals surface area contributed by atoms with Gasteiger partial charge < -0.3 is 4.74 Å². The van der Waals surface area contributed by atoms with Gasteiger partial charge in [-0.15, -0.1) is 0 Å². The van der Waals surface area contributed by atoms with Gasteiger partial charge in [0.2, 0.25) is 0 Å². The molecule has 2 rings (SSSR count). The topological polar surface area (TPSA) is 9.23 Å². The molecular weight excluding hydrogens is 263 g/mol. The van der Waals surface area contributed by atoms with Gasteiger partial charge in [0.05, 0.1) is 12.2 Å². The summed E-state index contributed by atoms with van der Waals surface area (Å²) in [6.07, 6.45) is 8.05. The van der Waals surface area contributed by atoms with Gasteiger partial charge in [-0.2, -0.15) is 0 Å². The highest BCUT2D eigenvalue weighted by atomic mass is 127. The molecule has 1 aliphatic carbocycles. The standard InChI is InChI=1S/C10H17IO/c1-7-9(11)6-8-4-2-3-5-10(8)12-7/h7-10H,2-6H2,1H3/t7-,8-,9+,10+/m1/s1. The smallest absolute Gasteiger partial charge is 0.0668 e. The zero-order chi connectivity index (χ0) is 8.55. The first kappa shape index (κ1) is 9.25. The van der Waals surface area contributed by atoms with Gasteiger partial charge in [0.25, 0.3) is 0 Å². The van der Waals surface area contributed by atoms with Crippen LogP contribution in [0.2, 0.25) is 0 Å². The fourth-order valence-corrected chi connectivity index (χ4v) is 3.29. The molecule has 2 heteroatoms. The second-order valence-electron chi connectivity index (χ2n) is 4.18. The predicted molar refractivity (Wildman–Crippen MR) is 58.7 cm³/mol. The van der Waals surface area contributed by atoms with Crippen LogP contribution in [0.5, 0.6) is 0 Å². The average Bonchev–Trinajstić information content (AvgIpc) is 2.07. The Bertz CT molecular complexity index is 142. The maximum absolute atomic E-state index is 5.99. The fraction of sp³-hybridized carbons (Fsp3) is 1.00. The van der Waals surface area contributed by atoms with Crippen molar-refractivity contribution in [2.75, 3.05) is 0 Å². The Morgan fingerprint density at radius 2 is 2.00 bits per heavy atom. The van der Waals surface area contributed by atoms with E-state index in [0.717, 1.165) is 9.84 Å². The summed E-state index contributed by atoms with van der Waals surface area (Å²) in [5.74, 6) is 0.886. The Hall–Kier alpha value is 0.690. The van der Waals surface area contributed by atoms with Crippen LogP contribution in [0.25, 0.3) is 0 Å². The van der Waals surface area contributed by atoms with Crippen molar-refractivity contribution >= 4 is 22.6 Å². The molecular formula is C10H17IO. The second-order valence-corrected chi connectivity index (χ2v) is 5.78. The Kier molecular flexibility index (Phi) is 2.95. The molecule has 2 aliphatic rings. The summed E-state index contributed by atoms with van der Waals surface area (Å²) in [5.41, 5.74) is 0. The average molecular weight is 280 g/mol. The molecule has 0 unspecified atom stereocenters. The van der Waals surface area contributed by atoms with Crippen molar-refractivity contribution in [2.45, 2.75) is 55.2 Å². The van der Waals surface area contributed by atoms with Gasteiger partial charge in [0, 0.05) is 3.92 Å². The van der Waals surface area contributed by atoms with Gasteiger partial charge in [-0.3, -0.25) is 0 Å². The van der Waals surface area contributed by atoms with Crippen LogP contribution in [-0.2, 0) is 4.74 Å². The molecule has 0 bridgehead atoms. The number of alkyl halides is 1. The van der Waals surface area contributed by atoms with Crippen molar-refractivity contribution in [1.29, 1.82) is 0 Å². The van der Waals surface area contributed by atoms with Crippen molar-refractivity contribution in [1.82, 2.24) is 0 Å². The zero-order valence-electron chi connectivity index (χ0n) is 7.63. The quantitative estimate of drug-likeness (QED) is 0.489. The third-order valence-electron chi connectivity index (χ3n) is 3.27. The summed E-state index contributed by atoms with van der Waals surface area (Å²) in [4.78, 5) is 0. The van der Waals surface area contributed by atoms with Gasteiger partial charge in [-0.1, -0.05) is 35.4 Å². The summed E-state index contributed by atoms with van der Waals surface area (Å²) < 4.78 is 6.75. The molecule has 0 N–H and O–H groups in total. The highest BCUT2D eigenvalue weighted by Gasteiger charge is 2.35. The van der Waals surface area contributed by atoms with E-state index in [2.05, 4.69) is 29.5 Å². The Morgan fingerprint density at radius 3 is 2.83 bits per heavy atom. The van der Waals surface area contributed by atoms with Crippen LogP contribution in [-0.4, -0.2) is 16.1 Å². The SMILES string of the molecule is C[C@H]1O[C@H]2CCCC[C@@H]2C[C@@H]1I. The van der Waals surface area contributed by atoms with E-state index in [1.54, 1.807) is 0 Å². The van der Waals surface area contributed by atoms with E-state index in [4.69, 9.17) is 4.74 Å². The molecule has 0 aromatic carbocycles. The first-order chi connectivity index (χ1) is 5.77. The predicted octanol–water partition coefficient (Wildman–Crippen LogP) is 3.16. The lowest BCUT2D eigenvalue weighted by atomic mass is 9.81. The van der Waals surface area contributed by atoms with Gasteiger partial charge in [0.15, 0.2) is 0 Å². The fourth-order valence-electron chi connectivity index (χ4n) is 2.46. The van der Waals surface area contributed by atoms with Crippen molar-refractivity contribution in [3.05, 3.63) is 0 Å². The van der Waals surface area contributed by atoms with Crippen LogP contribution in [0.3, 0.4) is 0 Å². The highest BCUT2D eigenvalue weighted by Crippen LogP contribution is 2.38. The minimum atomic E-state index is 0.491. The lowest BCUT2D eigenvalue weighted by Gasteiger charge is -2.41. The summed E-state index contributed by atoms with van der Waals surface area (Å²) >= 11 is 2.55. The molecule has 12 heavy (non-hydrogen) atoms. The van der Waals surface area contributed by atoms with Crippen molar-refractivity contribution in [3.63, 3.8) is 0 Å². The first-order valence-corrected chi connectivity index (χ1v) is 6.31. The van der Waals surface area contributed by atoms with Gasteiger partial charge in [-0.25, -0.2) is 0 Å². The van der Waals surface area contributed by atoms with Crippen LogP contribution in [0, 0.1) is 5.92 Å². The maximum atomic E-state index is 5.99. The third kappa shape index (κ3) is 1.79. The Labute approximate surface area is 88.4 Å². The molecule has 0 radical (unpaired) electrons. The molecule has 0 aromatic heterocycles. The van der Waals surface area contributed by atoms with Crippen LogP contribution in [0.15, 0.2) is 0 Å². The van der Waals surface area contributed by atoms with E-state index >= 15 is 0 Å². The minimum absolute atomic E-state index is 0.491. The second kappa shape index (κ2) is 3.82. The number of rotatable bonds is 0.